The summed E-state index contributed by atoms with van der Waals surface area (Å²) in [6.45, 7) is 1.95. The average Bonchev–Trinajstić information content (AvgIpc) is 2.45. The first-order valence-corrected chi connectivity index (χ1v) is 6.39. The quantitative estimate of drug-likeness (QED) is 0.693. The Morgan fingerprint density at radius 3 is 2.45 bits per heavy atom. The van der Waals surface area contributed by atoms with Crippen LogP contribution in [0.1, 0.15) is 31.4 Å². The van der Waals surface area contributed by atoms with Crippen LogP contribution in [0.4, 0.5) is 4.79 Å². The molecule has 0 aliphatic rings. The maximum absolute atomic E-state index is 11.8. The van der Waals surface area contributed by atoms with E-state index in [1.54, 1.807) is 30.3 Å². The Labute approximate surface area is 118 Å². The van der Waals surface area contributed by atoms with E-state index >= 15 is 0 Å². The van der Waals surface area contributed by atoms with Crippen LogP contribution in [0, 0.1) is 12.3 Å². The van der Waals surface area contributed by atoms with Gasteiger partial charge in [-0.25, -0.2) is 9.59 Å². The lowest BCUT2D eigenvalue weighted by molar-refractivity contribution is -0.139. The molecule has 0 aromatic heterocycles. The first kappa shape index (κ1) is 15.6. The van der Waals surface area contributed by atoms with Crippen LogP contribution >= 0.6 is 0 Å². The molecular weight excluding hydrogens is 256 g/mol. The van der Waals surface area contributed by atoms with Crippen molar-refractivity contribution < 1.29 is 14.7 Å². The minimum absolute atomic E-state index is 0.398. The van der Waals surface area contributed by atoms with Crippen LogP contribution in [-0.2, 0) is 4.79 Å². The molecule has 0 saturated carbocycles. The van der Waals surface area contributed by atoms with Crippen LogP contribution in [0.3, 0.4) is 0 Å². The van der Waals surface area contributed by atoms with Crippen molar-refractivity contribution in [3.05, 3.63) is 35.9 Å². The molecule has 2 atom stereocenters. The first-order valence-electron chi connectivity index (χ1n) is 6.39. The van der Waals surface area contributed by atoms with Gasteiger partial charge in [-0.15, -0.1) is 6.42 Å². The molecule has 1 aromatic rings. The van der Waals surface area contributed by atoms with E-state index in [1.807, 2.05) is 6.92 Å². The number of carboxylic acids is 1. The fourth-order valence-corrected chi connectivity index (χ4v) is 1.75. The van der Waals surface area contributed by atoms with Crippen molar-refractivity contribution in [2.75, 3.05) is 0 Å². The van der Waals surface area contributed by atoms with E-state index in [9.17, 15) is 14.7 Å². The van der Waals surface area contributed by atoms with Crippen molar-refractivity contribution in [1.82, 2.24) is 10.6 Å². The Morgan fingerprint density at radius 1 is 1.30 bits per heavy atom. The van der Waals surface area contributed by atoms with Crippen LogP contribution in [0.25, 0.3) is 0 Å². The van der Waals surface area contributed by atoms with Gasteiger partial charge in [-0.2, -0.15) is 0 Å². The van der Waals surface area contributed by atoms with Crippen molar-refractivity contribution >= 4 is 12.0 Å². The van der Waals surface area contributed by atoms with E-state index in [0.29, 0.717) is 12.0 Å². The largest absolute Gasteiger partial charge is 0.479 e. The zero-order valence-electron chi connectivity index (χ0n) is 11.3. The van der Waals surface area contributed by atoms with Crippen LogP contribution < -0.4 is 10.6 Å². The molecule has 0 radical (unpaired) electrons. The second-order valence-electron chi connectivity index (χ2n) is 4.31. The standard InChI is InChI=1S/C15H18N2O3/c1-3-8-12(4-2)16-15(20)17-13(14(18)19)11-9-6-5-7-10-11/h2,5-7,9-10,12-13H,3,8H2,1H3,(H,18,19)(H2,16,17,20)/t12?,13-/m1/s1. The molecule has 20 heavy (non-hydrogen) atoms. The number of hydrogen-bond acceptors (Lipinski definition) is 2. The van der Waals surface area contributed by atoms with Crippen LogP contribution in [0.5, 0.6) is 0 Å². The molecule has 1 rings (SSSR count). The van der Waals surface area contributed by atoms with Gasteiger partial charge in [0.15, 0.2) is 6.04 Å². The highest BCUT2D eigenvalue weighted by atomic mass is 16.4. The summed E-state index contributed by atoms with van der Waals surface area (Å²) in [5.74, 6) is 1.33. The van der Waals surface area contributed by atoms with E-state index < -0.39 is 24.1 Å². The zero-order valence-corrected chi connectivity index (χ0v) is 11.3. The number of carboxylic acid groups (broad SMARTS) is 1. The molecule has 0 heterocycles. The minimum Gasteiger partial charge on any atom is -0.479 e. The molecule has 1 aromatic carbocycles. The molecule has 0 aliphatic carbocycles. The van der Waals surface area contributed by atoms with Crippen LogP contribution in [0.15, 0.2) is 30.3 Å². The fraction of sp³-hybridized carbons (Fsp3) is 0.333. The molecule has 106 valence electrons. The lowest BCUT2D eigenvalue weighted by Crippen LogP contribution is -2.44. The SMILES string of the molecule is C#CC(CCC)NC(=O)N[C@@H](C(=O)O)c1ccccc1. The smallest absolute Gasteiger partial charge is 0.330 e. The molecule has 0 fully saturated rings. The number of benzene rings is 1. The van der Waals surface area contributed by atoms with Gasteiger partial charge < -0.3 is 15.7 Å². The molecule has 0 bridgehead atoms. The van der Waals surface area contributed by atoms with Crippen molar-refractivity contribution in [3.63, 3.8) is 0 Å². The first-order chi connectivity index (χ1) is 9.58. The summed E-state index contributed by atoms with van der Waals surface area (Å²) in [7, 11) is 0. The van der Waals surface area contributed by atoms with E-state index in [4.69, 9.17) is 6.42 Å². The fourth-order valence-electron chi connectivity index (χ4n) is 1.75. The van der Waals surface area contributed by atoms with Crippen molar-refractivity contribution in [2.45, 2.75) is 31.8 Å². The Balaban J connectivity index is 2.70. The third-order valence-corrected chi connectivity index (χ3v) is 2.74. The predicted molar refractivity (Wildman–Crippen MR) is 76.0 cm³/mol. The topological polar surface area (TPSA) is 78.4 Å². The van der Waals surface area contributed by atoms with Crippen molar-refractivity contribution in [2.24, 2.45) is 0 Å². The highest BCUT2D eigenvalue weighted by Crippen LogP contribution is 2.12. The number of terminal acetylenes is 1. The molecule has 0 aliphatic heterocycles. The summed E-state index contributed by atoms with van der Waals surface area (Å²) >= 11 is 0. The van der Waals surface area contributed by atoms with Gasteiger partial charge in [-0.3, -0.25) is 0 Å². The Bertz CT molecular complexity index is 494. The number of aliphatic carboxylic acids is 1. The summed E-state index contributed by atoms with van der Waals surface area (Å²) in [5, 5.41) is 14.2. The summed E-state index contributed by atoms with van der Waals surface area (Å²) in [5.41, 5.74) is 0.503. The number of carbonyl (C=O) groups excluding carboxylic acids is 1. The zero-order chi connectivity index (χ0) is 15.0. The predicted octanol–water partition coefficient (Wildman–Crippen LogP) is 1.91. The summed E-state index contributed by atoms with van der Waals surface area (Å²) in [6, 6.07) is 6.41. The number of rotatable bonds is 6. The van der Waals surface area contributed by atoms with Gasteiger partial charge in [0.2, 0.25) is 0 Å². The van der Waals surface area contributed by atoms with Crippen LogP contribution in [0.2, 0.25) is 0 Å². The Kier molecular flexibility index (Phi) is 6.11. The molecule has 3 N–H and O–H groups in total. The second-order valence-corrected chi connectivity index (χ2v) is 4.31. The molecule has 5 heteroatoms. The second kappa shape index (κ2) is 7.85. The molecule has 2 amide bonds. The van der Waals surface area contributed by atoms with Crippen LogP contribution in [-0.4, -0.2) is 23.1 Å². The maximum atomic E-state index is 11.8. The van der Waals surface area contributed by atoms with E-state index in [1.165, 1.54) is 0 Å². The van der Waals surface area contributed by atoms with E-state index in [0.717, 1.165) is 6.42 Å². The molecule has 0 saturated heterocycles. The highest BCUT2D eigenvalue weighted by Gasteiger charge is 2.22. The molecule has 1 unspecified atom stereocenters. The third kappa shape index (κ3) is 4.65. The van der Waals surface area contributed by atoms with Gasteiger partial charge >= 0.3 is 12.0 Å². The van der Waals surface area contributed by atoms with Gasteiger partial charge in [0, 0.05) is 0 Å². The van der Waals surface area contributed by atoms with Gasteiger partial charge in [0.1, 0.15) is 0 Å². The lowest BCUT2D eigenvalue weighted by Gasteiger charge is -2.18. The summed E-state index contributed by atoms with van der Waals surface area (Å²) in [6.07, 6.45) is 6.78. The summed E-state index contributed by atoms with van der Waals surface area (Å²) < 4.78 is 0. The minimum atomic E-state index is -1.13. The van der Waals surface area contributed by atoms with E-state index in [-0.39, 0.29) is 0 Å². The van der Waals surface area contributed by atoms with Gasteiger partial charge in [0.05, 0.1) is 6.04 Å². The number of urea groups is 1. The average molecular weight is 274 g/mol. The Hall–Kier alpha value is -2.48. The lowest BCUT2D eigenvalue weighted by atomic mass is 10.1. The molecular formula is C15H18N2O3. The number of hydrogen-bond donors (Lipinski definition) is 3. The van der Waals surface area contributed by atoms with Crippen molar-refractivity contribution in [1.29, 1.82) is 0 Å². The highest BCUT2D eigenvalue weighted by molar-refractivity contribution is 5.83. The number of amides is 2. The van der Waals surface area contributed by atoms with Crippen molar-refractivity contribution in [3.8, 4) is 12.3 Å². The Morgan fingerprint density at radius 2 is 1.95 bits per heavy atom. The normalized spacial score (nSPS) is 12.8. The summed E-state index contributed by atoms with van der Waals surface area (Å²) in [4.78, 5) is 23.0. The maximum Gasteiger partial charge on any atom is 0.330 e. The molecule has 0 spiro atoms. The third-order valence-electron chi connectivity index (χ3n) is 2.74. The number of carbonyl (C=O) groups is 2. The number of nitrogens with one attached hydrogen (secondary N) is 2. The van der Waals surface area contributed by atoms with E-state index in [2.05, 4.69) is 16.6 Å². The van der Waals surface area contributed by atoms with Gasteiger partial charge in [0.25, 0.3) is 0 Å². The van der Waals surface area contributed by atoms with Gasteiger partial charge in [-0.05, 0) is 12.0 Å². The monoisotopic (exact) mass is 274 g/mol. The van der Waals surface area contributed by atoms with Gasteiger partial charge in [-0.1, -0.05) is 49.6 Å². The molecule has 5 nitrogen and oxygen atoms in total.